The number of nitrogens with zero attached hydrogens (tertiary/aromatic N) is 2. The maximum Gasteiger partial charge on any atom is 0.208 e. The molecule has 2 rings (SSSR count). The van der Waals surface area contributed by atoms with Gasteiger partial charge in [-0.15, -0.1) is 11.3 Å². The lowest BCUT2D eigenvalue weighted by molar-refractivity contribution is 0.513. The van der Waals surface area contributed by atoms with Crippen molar-refractivity contribution in [2.24, 2.45) is 0 Å². The van der Waals surface area contributed by atoms with Crippen LogP contribution in [-0.4, -0.2) is 31.0 Å². The van der Waals surface area contributed by atoms with E-state index in [9.17, 15) is 8.42 Å². The van der Waals surface area contributed by atoms with Crippen molar-refractivity contribution in [1.29, 1.82) is 0 Å². The Morgan fingerprint density at radius 2 is 2.35 bits per heavy atom. The van der Waals surface area contributed by atoms with Crippen LogP contribution in [0.5, 0.6) is 0 Å². The first-order valence-electron chi connectivity index (χ1n) is 5.03. The first-order valence-corrected chi connectivity index (χ1v) is 7.80. The molecule has 17 heavy (non-hydrogen) atoms. The number of aromatic nitrogens is 2. The molecule has 0 aliphatic heterocycles. The average Bonchev–Trinajstić information content (AvgIpc) is 2.86. The van der Waals surface area contributed by atoms with Crippen LogP contribution in [0.4, 0.5) is 0 Å². The first kappa shape index (κ1) is 12.3. The van der Waals surface area contributed by atoms with Gasteiger partial charge in [0.05, 0.1) is 12.3 Å². The summed E-state index contributed by atoms with van der Waals surface area (Å²) in [6.07, 6.45) is 4.66. The Kier molecular flexibility index (Phi) is 3.60. The van der Waals surface area contributed by atoms with Crippen LogP contribution in [0.1, 0.15) is 10.9 Å². The molecule has 92 valence electrons. The van der Waals surface area contributed by atoms with Crippen LogP contribution < -0.4 is 4.72 Å². The minimum atomic E-state index is -3.19. The van der Waals surface area contributed by atoms with E-state index in [-0.39, 0.29) is 6.04 Å². The van der Waals surface area contributed by atoms with E-state index >= 15 is 0 Å². The molecule has 0 radical (unpaired) electrons. The standard InChI is InChI=1S/C10H13N3O2S2/c1-17(14,15)12-8-9(10-4-2-7-16-10)13-6-3-5-11-13/h2-7,9,12H,8H2,1H3. The zero-order valence-electron chi connectivity index (χ0n) is 9.28. The smallest absolute Gasteiger partial charge is 0.208 e. The summed E-state index contributed by atoms with van der Waals surface area (Å²) in [4.78, 5) is 1.07. The van der Waals surface area contributed by atoms with Gasteiger partial charge in [-0.3, -0.25) is 4.68 Å². The molecule has 0 spiro atoms. The van der Waals surface area contributed by atoms with Crippen molar-refractivity contribution in [2.45, 2.75) is 6.04 Å². The van der Waals surface area contributed by atoms with Gasteiger partial charge in [0.1, 0.15) is 0 Å². The molecule has 2 aromatic rings. The third kappa shape index (κ3) is 3.39. The zero-order valence-corrected chi connectivity index (χ0v) is 10.9. The SMILES string of the molecule is CS(=O)(=O)NCC(c1cccs1)n1cccn1. The molecule has 0 saturated carbocycles. The average molecular weight is 271 g/mol. The third-order valence-corrected chi connectivity index (χ3v) is 3.92. The van der Waals surface area contributed by atoms with Gasteiger partial charge in [0, 0.05) is 23.8 Å². The van der Waals surface area contributed by atoms with Gasteiger partial charge in [-0.1, -0.05) is 6.07 Å². The third-order valence-electron chi connectivity index (χ3n) is 2.25. The zero-order chi connectivity index (χ0) is 12.3. The fraction of sp³-hybridized carbons (Fsp3) is 0.300. The molecule has 5 nitrogen and oxygen atoms in total. The monoisotopic (exact) mass is 271 g/mol. The van der Waals surface area contributed by atoms with E-state index in [4.69, 9.17) is 0 Å². The molecule has 2 aromatic heterocycles. The fourth-order valence-corrected chi connectivity index (χ4v) is 2.78. The number of nitrogens with one attached hydrogen (secondary N) is 1. The first-order chi connectivity index (χ1) is 8.06. The molecule has 2 heterocycles. The molecule has 0 amide bonds. The van der Waals surface area contributed by atoms with Crippen LogP contribution in [0.15, 0.2) is 36.0 Å². The van der Waals surface area contributed by atoms with E-state index in [2.05, 4.69) is 9.82 Å². The highest BCUT2D eigenvalue weighted by Crippen LogP contribution is 2.21. The van der Waals surface area contributed by atoms with E-state index < -0.39 is 10.0 Å². The van der Waals surface area contributed by atoms with Gasteiger partial charge in [0.15, 0.2) is 0 Å². The summed E-state index contributed by atoms with van der Waals surface area (Å²) in [5.41, 5.74) is 0. The minimum absolute atomic E-state index is 0.0975. The van der Waals surface area contributed by atoms with Gasteiger partial charge < -0.3 is 0 Å². The van der Waals surface area contributed by atoms with Crippen LogP contribution in [0.3, 0.4) is 0 Å². The molecular weight excluding hydrogens is 258 g/mol. The van der Waals surface area contributed by atoms with Crippen molar-refractivity contribution >= 4 is 21.4 Å². The van der Waals surface area contributed by atoms with E-state index in [0.717, 1.165) is 11.1 Å². The van der Waals surface area contributed by atoms with Crippen molar-refractivity contribution in [3.63, 3.8) is 0 Å². The van der Waals surface area contributed by atoms with Gasteiger partial charge in [-0.05, 0) is 17.5 Å². The molecule has 7 heteroatoms. The second kappa shape index (κ2) is 4.99. The Morgan fingerprint density at radius 3 is 2.88 bits per heavy atom. The molecule has 0 saturated heterocycles. The summed E-state index contributed by atoms with van der Waals surface area (Å²) >= 11 is 1.58. The van der Waals surface area contributed by atoms with E-state index in [1.54, 1.807) is 22.2 Å². The Morgan fingerprint density at radius 1 is 1.53 bits per heavy atom. The summed E-state index contributed by atoms with van der Waals surface area (Å²) in [7, 11) is -3.19. The summed E-state index contributed by atoms with van der Waals surface area (Å²) in [5.74, 6) is 0. The molecule has 0 bridgehead atoms. The maximum atomic E-state index is 11.1. The summed E-state index contributed by atoms with van der Waals surface area (Å²) in [6.45, 7) is 0.307. The van der Waals surface area contributed by atoms with Crippen molar-refractivity contribution in [3.8, 4) is 0 Å². The lowest BCUT2D eigenvalue weighted by Gasteiger charge is -2.16. The molecule has 0 fully saturated rings. The predicted molar refractivity (Wildman–Crippen MR) is 67.5 cm³/mol. The number of hydrogen-bond donors (Lipinski definition) is 1. The lowest BCUT2D eigenvalue weighted by atomic mass is 10.2. The quantitative estimate of drug-likeness (QED) is 0.885. The van der Waals surface area contributed by atoms with Crippen LogP contribution in [0.2, 0.25) is 0 Å². The van der Waals surface area contributed by atoms with Gasteiger partial charge in [-0.2, -0.15) is 5.10 Å². The molecule has 0 aliphatic carbocycles. The fourth-order valence-electron chi connectivity index (χ4n) is 1.50. The molecular formula is C10H13N3O2S2. The van der Waals surface area contributed by atoms with Crippen molar-refractivity contribution in [1.82, 2.24) is 14.5 Å². The molecule has 0 aromatic carbocycles. The topological polar surface area (TPSA) is 64.0 Å². The highest BCUT2D eigenvalue weighted by atomic mass is 32.2. The van der Waals surface area contributed by atoms with Crippen molar-refractivity contribution in [3.05, 3.63) is 40.8 Å². The highest BCUT2D eigenvalue weighted by Gasteiger charge is 2.16. The second-order valence-electron chi connectivity index (χ2n) is 3.64. The largest absolute Gasteiger partial charge is 0.263 e. The number of rotatable bonds is 5. The Balaban J connectivity index is 2.20. The van der Waals surface area contributed by atoms with Crippen molar-refractivity contribution in [2.75, 3.05) is 12.8 Å². The van der Waals surface area contributed by atoms with Crippen LogP contribution in [0, 0.1) is 0 Å². The lowest BCUT2D eigenvalue weighted by Crippen LogP contribution is -2.30. The summed E-state index contributed by atoms with van der Waals surface area (Å²) in [5, 5.41) is 6.13. The summed E-state index contributed by atoms with van der Waals surface area (Å²) < 4.78 is 26.5. The maximum absolute atomic E-state index is 11.1. The molecule has 1 unspecified atom stereocenters. The van der Waals surface area contributed by atoms with Crippen molar-refractivity contribution < 1.29 is 8.42 Å². The van der Waals surface area contributed by atoms with Gasteiger partial charge in [0.2, 0.25) is 10.0 Å². The second-order valence-corrected chi connectivity index (χ2v) is 6.45. The molecule has 1 atom stereocenters. The Bertz CT molecular complexity index is 512. The van der Waals surface area contributed by atoms with Crippen LogP contribution >= 0.6 is 11.3 Å². The van der Waals surface area contributed by atoms with Gasteiger partial charge in [0.25, 0.3) is 0 Å². The normalized spacial score (nSPS) is 13.7. The Labute approximate surface area is 104 Å². The van der Waals surface area contributed by atoms with E-state index in [1.807, 2.05) is 29.8 Å². The minimum Gasteiger partial charge on any atom is -0.263 e. The van der Waals surface area contributed by atoms with E-state index in [1.165, 1.54) is 0 Å². The highest BCUT2D eigenvalue weighted by molar-refractivity contribution is 7.88. The van der Waals surface area contributed by atoms with Gasteiger partial charge in [-0.25, -0.2) is 13.1 Å². The van der Waals surface area contributed by atoms with Gasteiger partial charge >= 0.3 is 0 Å². The van der Waals surface area contributed by atoms with E-state index in [0.29, 0.717) is 6.54 Å². The van der Waals surface area contributed by atoms with Crippen LogP contribution in [0.25, 0.3) is 0 Å². The predicted octanol–water partition coefficient (Wildman–Crippen LogP) is 1.08. The number of sulfonamides is 1. The molecule has 0 aliphatic rings. The van der Waals surface area contributed by atoms with Crippen LogP contribution in [-0.2, 0) is 10.0 Å². The number of hydrogen-bond acceptors (Lipinski definition) is 4. The molecule has 1 N–H and O–H groups in total. The Hall–Kier alpha value is -1.18. The number of thiophene rings is 1. The summed E-state index contributed by atoms with van der Waals surface area (Å²) in [6, 6.07) is 5.64.